The van der Waals surface area contributed by atoms with Gasteiger partial charge in [-0.25, -0.2) is 17.6 Å². The molecular weight excluding hydrogens is 399 g/mol. The molecule has 1 saturated heterocycles. The lowest BCUT2D eigenvalue weighted by atomic mass is 10.3. The smallest absolute Gasteiger partial charge is 0.314 e. The van der Waals surface area contributed by atoms with Crippen LogP contribution >= 0.6 is 0 Å². The summed E-state index contributed by atoms with van der Waals surface area (Å²) in [5.41, 5.74) is 0.281. The van der Waals surface area contributed by atoms with Crippen LogP contribution in [-0.2, 0) is 16.7 Å². The van der Waals surface area contributed by atoms with Crippen molar-refractivity contribution >= 4 is 10.0 Å². The van der Waals surface area contributed by atoms with Gasteiger partial charge in [-0.05, 0) is 40.8 Å². The summed E-state index contributed by atoms with van der Waals surface area (Å²) in [6, 6.07) is 14.0. The van der Waals surface area contributed by atoms with Gasteiger partial charge in [0, 0.05) is 0 Å². The standard InChI is InChI=1S/C18H19FN6O3S/c19-15-5-4-8-17(13-15)29(27,28)23-11-9-22(10-12-23)14-24-18(26)25(21-20-24)16-6-2-1-3-7-16/h1-8,13H,9-12,14H2/p+1. The van der Waals surface area contributed by atoms with Crippen molar-refractivity contribution in [3.63, 3.8) is 0 Å². The summed E-state index contributed by atoms with van der Waals surface area (Å²) in [6.45, 7) is 1.84. The van der Waals surface area contributed by atoms with Gasteiger partial charge in [-0.2, -0.15) is 8.99 Å². The SMILES string of the molecule is O=c1n(C[NH+]2CCN(S(=O)(=O)c3cccc(F)c3)CC2)nnn1-c1ccccc1. The van der Waals surface area contributed by atoms with Crippen LogP contribution in [0.3, 0.4) is 0 Å². The number of benzene rings is 2. The largest absolute Gasteiger partial charge is 0.373 e. The lowest BCUT2D eigenvalue weighted by Gasteiger charge is -2.31. The van der Waals surface area contributed by atoms with Crippen molar-refractivity contribution in [2.24, 2.45) is 0 Å². The summed E-state index contributed by atoms with van der Waals surface area (Å²) in [7, 11) is -3.74. The van der Waals surface area contributed by atoms with Gasteiger partial charge in [0.25, 0.3) is 0 Å². The molecule has 0 saturated carbocycles. The van der Waals surface area contributed by atoms with Gasteiger partial charge in [0.1, 0.15) is 5.82 Å². The van der Waals surface area contributed by atoms with Crippen LogP contribution < -0.4 is 10.6 Å². The molecule has 0 aliphatic carbocycles. The van der Waals surface area contributed by atoms with Crippen molar-refractivity contribution < 1.29 is 17.7 Å². The number of sulfonamides is 1. The van der Waals surface area contributed by atoms with E-state index in [1.54, 1.807) is 12.1 Å². The molecule has 29 heavy (non-hydrogen) atoms. The maximum atomic E-state index is 13.4. The number of hydrogen-bond donors (Lipinski definition) is 1. The Balaban J connectivity index is 1.42. The van der Waals surface area contributed by atoms with Gasteiger partial charge in [-0.15, -0.1) is 4.68 Å². The molecule has 1 aromatic heterocycles. The number of hydrogen-bond acceptors (Lipinski definition) is 5. The number of nitrogens with one attached hydrogen (secondary N) is 1. The number of piperazine rings is 1. The highest BCUT2D eigenvalue weighted by atomic mass is 32.2. The number of tetrazole rings is 1. The second-order valence-electron chi connectivity index (χ2n) is 6.78. The number of para-hydroxylation sites is 1. The van der Waals surface area contributed by atoms with Crippen LogP contribution in [0.25, 0.3) is 5.69 Å². The Labute approximate surface area is 166 Å². The van der Waals surface area contributed by atoms with Crippen molar-refractivity contribution in [3.05, 3.63) is 70.9 Å². The van der Waals surface area contributed by atoms with E-state index >= 15 is 0 Å². The first kappa shape index (κ1) is 19.4. The molecule has 0 unspecified atom stereocenters. The lowest BCUT2D eigenvalue weighted by Crippen LogP contribution is -3.14. The zero-order valence-electron chi connectivity index (χ0n) is 15.5. The average Bonchev–Trinajstić information content (AvgIpc) is 3.09. The summed E-state index contributed by atoms with van der Waals surface area (Å²) in [5, 5.41) is 7.85. The predicted octanol–water partition coefficient (Wildman–Crippen LogP) is -0.885. The third kappa shape index (κ3) is 3.97. The fourth-order valence-electron chi connectivity index (χ4n) is 3.29. The van der Waals surface area contributed by atoms with Gasteiger partial charge in [0.05, 0.1) is 36.8 Å². The number of rotatable bonds is 5. The van der Waals surface area contributed by atoms with Crippen LogP contribution in [0.5, 0.6) is 0 Å². The Kier molecular flexibility index (Phi) is 5.26. The lowest BCUT2D eigenvalue weighted by molar-refractivity contribution is -0.927. The van der Waals surface area contributed by atoms with Crippen LogP contribution in [0.4, 0.5) is 4.39 Å². The van der Waals surface area contributed by atoms with Crippen molar-refractivity contribution in [2.45, 2.75) is 11.6 Å². The Morgan fingerprint density at radius 2 is 1.72 bits per heavy atom. The van der Waals surface area contributed by atoms with E-state index in [-0.39, 0.29) is 23.7 Å². The second kappa shape index (κ2) is 7.85. The molecule has 0 bridgehead atoms. The van der Waals surface area contributed by atoms with Crippen molar-refractivity contribution in [3.8, 4) is 5.69 Å². The van der Waals surface area contributed by atoms with Gasteiger partial charge >= 0.3 is 5.69 Å². The minimum Gasteiger partial charge on any atom is -0.314 e. The molecule has 2 aromatic carbocycles. The maximum Gasteiger partial charge on any atom is 0.373 e. The van der Waals surface area contributed by atoms with Gasteiger partial charge in [-0.1, -0.05) is 24.3 Å². The first-order valence-corrected chi connectivity index (χ1v) is 10.6. The van der Waals surface area contributed by atoms with Gasteiger partial charge in [0.2, 0.25) is 10.0 Å². The molecule has 0 radical (unpaired) electrons. The van der Waals surface area contributed by atoms with E-state index < -0.39 is 15.8 Å². The third-order valence-corrected chi connectivity index (χ3v) is 6.77. The Morgan fingerprint density at radius 1 is 1.00 bits per heavy atom. The van der Waals surface area contributed by atoms with Crippen molar-refractivity contribution in [1.82, 2.24) is 24.1 Å². The van der Waals surface area contributed by atoms with Crippen LogP contribution in [0.15, 0.2) is 64.3 Å². The number of quaternary nitrogens is 1. The minimum absolute atomic E-state index is 0.0528. The summed E-state index contributed by atoms with van der Waals surface area (Å²) in [4.78, 5) is 13.5. The highest BCUT2D eigenvalue weighted by Gasteiger charge is 2.31. The van der Waals surface area contributed by atoms with E-state index in [2.05, 4.69) is 10.4 Å². The summed E-state index contributed by atoms with van der Waals surface area (Å²) < 4.78 is 42.6. The molecule has 0 amide bonds. The maximum absolute atomic E-state index is 13.4. The Morgan fingerprint density at radius 3 is 2.41 bits per heavy atom. The van der Waals surface area contributed by atoms with E-state index in [4.69, 9.17) is 0 Å². The van der Waals surface area contributed by atoms with Crippen LogP contribution in [0, 0.1) is 5.82 Å². The van der Waals surface area contributed by atoms with Crippen LogP contribution in [-0.4, -0.2) is 58.7 Å². The predicted molar refractivity (Wildman–Crippen MR) is 101 cm³/mol. The Hall–Kier alpha value is -2.89. The van der Waals surface area contributed by atoms with Crippen LogP contribution in [0.1, 0.15) is 0 Å². The first-order valence-electron chi connectivity index (χ1n) is 9.13. The summed E-state index contributed by atoms with van der Waals surface area (Å²) in [5.74, 6) is -0.587. The molecular formula is C18H20FN6O3S+. The molecule has 3 aromatic rings. The molecule has 1 N–H and O–H groups in total. The zero-order valence-corrected chi connectivity index (χ0v) is 16.3. The molecule has 1 aliphatic heterocycles. The Bertz CT molecular complexity index is 1150. The molecule has 0 spiro atoms. The monoisotopic (exact) mass is 419 g/mol. The normalized spacial score (nSPS) is 16.2. The zero-order chi connectivity index (χ0) is 20.4. The summed E-state index contributed by atoms with van der Waals surface area (Å²) >= 11 is 0. The first-order chi connectivity index (χ1) is 13.9. The molecule has 2 heterocycles. The highest BCUT2D eigenvalue weighted by Crippen LogP contribution is 2.16. The van der Waals surface area contributed by atoms with E-state index in [9.17, 15) is 17.6 Å². The van der Waals surface area contributed by atoms with Gasteiger partial charge < -0.3 is 4.90 Å². The molecule has 1 aliphatic rings. The van der Waals surface area contributed by atoms with E-state index in [1.165, 1.54) is 31.9 Å². The van der Waals surface area contributed by atoms with Crippen molar-refractivity contribution in [2.75, 3.05) is 26.2 Å². The van der Waals surface area contributed by atoms with Crippen LogP contribution in [0.2, 0.25) is 0 Å². The van der Waals surface area contributed by atoms with E-state index in [0.717, 1.165) is 11.0 Å². The fourth-order valence-corrected chi connectivity index (χ4v) is 4.77. The van der Waals surface area contributed by atoms with Gasteiger partial charge in [0.15, 0.2) is 6.67 Å². The quantitative estimate of drug-likeness (QED) is 0.579. The van der Waals surface area contributed by atoms with Crippen molar-refractivity contribution in [1.29, 1.82) is 0 Å². The molecule has 1 fully saturated rings. The minimum atomic E-state index is -3.74. The number of halogens is 1. The van der Waals surface area contributed by atoms with E-state index in [0.29, 0.717) is 25.4 Å². The second-order valence-corrected chi connectivity index (χ2v) is 8.72. The molecule has 0 atom stereocenters. The molecule has 152 valence electrons. The molecule has 11 heteroatoms. The number of aromatic nitrogens is 4. The number of nitrogens with zero attached hydrogens (tertiary/aromatic N) is 5. The molecule has 9 nitrogen and oxygen atoms in total. The summed E-state index contributed by atoms with van der Waals surface area (Å²) in [6.07, 6.45) is 0. The van der Waals surface area contributed by atoms with E-state index in [1.807, 2.05) is 18.2 Å². The van der Waals surface area contributed by atoms with Gasteiger partial charge in [-0.3, -0.25) is 0 Å². The highest BCUT2D eigenvalue weighted by molar-refractivity contribution is 7.89. The molecule has 4 rings (SSSR count). The average molecular weight is 419 g/mol. The fraction of sp³-hybridized carbons (Fsp3) is 0.278. The third-order valence-electron chi connectivity index (χ3n) is 4.88. The topological polar surface area (TPSA) is 94.5 Å².